The van der Waals surface area contributed by atoms with Gasteiger partial charge in [-0.1, -0.05) is 65.8 Å². The Labute approximate surface area is 182 Å². The van der Waals surface area contributed by atoms with Crippen molar-refractivity contribution in [3.8, 4) is 5.75 Å². The zero-order valence-electron chi connectivity index (χ0n) is 17.5. The number of benzene rings is 3. The summed E-state index contributed by atoms with van der Waals surface area (Å²) in [5.74, 6) is 0.583. The number of carbonyl (C=O) groups is 1. The minimum atomic E-state index is -0.207. The summed E-state index contributed by atoms with van der Waals surface area (Å²) in [4.78, 5) is 18.7. The summed E-state index contributed by atoms with van der Waals surface area (Å²) in [6, 6.07) is 27.2. The molecule has 1 amide bonds. The number of rotatable bonds is 8. The van der Waals surface area contributed by atoms with E-state index >= 15 is 0 Å². The number of nitrogens with zero attached hydrogens (tertiary/aromatic N) is 1. The molecule has 0 bridgehead atoms. The van der Waals surface area contributed by atoms with Gasteiger partial charge in [0, 0.05) is 18.4 Å². The fourth-order valence-corrected chi connectivity index (χ4v) is 3.74. The molecule has 3 aromatic rings. The molecule has 1 N–H and O–H groups in total. The summed E-state index contributed by atoms with van der Waals surface area (Å²) in [5, 5.41) is 7.49. The van der Waals surface area contributed by atoms with Gasteiger partial charge in [-0.25, -0.2) is 0 Å². The average molecular weight is 415 g/mol. The van der Waals surface area contributed by atoms with Gasteiger partial charge in [0.1, 0.15) is 5.75 Å². The van der Waals surface area contributed by atoms with Crippen molar-refractivity contribution in [3.05, 3.63) is 102 Å². The highest BCUT2D eigenvalue weighted by Crippen LogP contribution is 2.21. The van der Waals surface area contributed by atoms with Crippen LogP contribution in [0.15, 0.2) is 90.1 Å². The molecule has 0 radical (unpaired) electrons. The molecule has 4 rings (SSSR count). The van der Waals surface area contributed by atoms with Crippen LogP contribution in [-0.2, 0) is 17.7 Å². The standard InChI is InChI=1S/C26H26N2O3/c1-30-23-14-12-21(13-15-23)26(29)27-24(17-20-10-6-3-7-11-20)25-18-22(28-31-25)16-19-8-4-2-5-9-19/h2-15,24-25H,16-18H2,1H3,(H,27,29). The molecule has 0 spiro atoms. The zero-order valence-corrected chi connectivity index (χ0v) is 17.5. The SMILES string of the molecule is COc1ccc(C(=O)NC(Cc2ccccc2)C2CC(Cc3ccccc3)=NO2)cc1. The number of hydrogen-bond donors (Lipinski definition) is 1. The molecular formula is C26H26N2O3. The molecule has 0 saturated carbocycles. The molecule has 0 fully saturated rings. The van der Waals surface area contributed by atoms with Crippen LogP contribution in [0, 0.1) is 0 Å². The van der Waals surface area contributed by atoms with Crippen molar-refractivity contribution >= 4 is 11.6 Å². The predicted octanol–water partition coefficient (Wildman–Crippen LogP) is 4.42. The maximum Gasteiger partial charge on any atom is 0.251 e. The second-order valence-electron chi connectivity index (χ2n) is 7.67. The summed E-state index contributed by atoms with van der Waals surface area (Å²) in [7, 11) is 1.61. The third-order valence-corrected chi connectivity index (χ3v) is 5.42. The fourth-order valence-electron chi connectivity index (χ4n) is 3.74. The Morgan fingerprint density at radius 3 is 2.29 bits per heavy atom. The first kappa shape index (κ1) is 20.7. The van der Waals surface area contributed by atoms with E-state index in [1.54, 1.807) is 31.4 Å². The third kappa shape index (κ3) is 5.51. The molecule has 5 heteroatoms. The van der Waals surface area contributed by atoms with Crippen molar-refractivity contribution in [1.82, 2.24) is 5.32 Å². The minimum absolute atomic E-state index is 0.135. The summed E-state index contributed by atoms with van der Waals surface area (Å²) in [6.07, 6.45) is 1.90. The summed E-state index contributed by atoms with van der Waals surface area (Å²) in [5.41, 5.74) is 3.92. The van der Waals surface area contributed by atoms with Crippen molar-refractivity contribution in [2.24, 2.45) is 5.16 Å². The van der Waals surface area contributed by atoms with Gasteiger partial charge < -0.3 is 14.9 Å². The van der Waals surface area contributed by atoms with Crippen LogP contribution in [0.5, 0.6) is 5.75 Å². The van der Waals surface area contributed by atoms with Gasteiger partial charge >= 0.3 is 0 Å². The van der Waals surface area contributed by atoms with Crippen LogP contribution >= 0.6 is 0 Å². The smallest absolute Gasteiger partial charge is 0.251 e. The Hall–Kier alpha value is -3.60. The van der Waals surface area contributed by atoms with E-state index in [1.807, 2.05) is 36.4 Å². The van der Waals surface area contributed by atoms with Gasteiger partial charge in [-0.05, 0) is 41.8 Å². The van der Waals surface area contributed by atoms with Gasteiger partial charge in [0.05, 0.1) is 18.9 Å². The van der Waals surface area contributed by atoms with Gasteiger partial charge in [0.25, 0.3) is 5.91 Å². The lowest BCUT2D eigenvalue weighted by atomic mass is 9.95. The molecule has 5 nitrogen and oxygen atoms in total. The topological polar surface area (TPSA) is 59.9 Å². The van der Waals surface area contributed by atoms with Crippen molar-refractivity contribution in [1.29, 1.82) is 0 Å². The quantitative estimate of drug-likeness (QED) is 0.593. The van der Waals surface area contributed by atoms with Gasteiger partial charge in [0.15, 0.2) is 6.10 Å². The van der Waals surface area contributed by atoms with Crippen molar-refractivity contribution in [2.45, 2.75) is 31.4 Å². The zero-order chi connectivity index (χ0) is 21.5. The summed E-state index contributed by atoms with van der Waals surface area (Å²) in [6.45, 7) is 0. The molecule has 0 saturated heterocycles. The summed E-state index contributed by atoms with van der Waals surface area (Å²) >= 11 is 0. The predicted molar refractivity (Wildman–Crippen MR) is 121 cm³/mol. The van der Waals surface area contributed by atoms with E-state index in [4.69, 9.17) is 9.57 Å². The van der Waals surface area contributed by atoms with E-state index in [-0.39, 0.29) is 18.1 Å². The second-order valence-corrected chi connectivity index (χ2v) is 7.67. The Bertz CT molecular complexity index is 1020. The lowest BCUT2D eigenvalue weighted by molar-refractivity contribution is 0.0509. The van der Waals surface area contributed by atoms with Crippen molar-refractivity contribution in [2.75, 3.05) is 7.11 Å². The normalized spacial score (nSPS) is 16.2. The van der Waals surface area contributed by atoms with Crippen molar-refractivity contribution < 1.29 is 14.4 Å². The molecule has 2 unspecified atom stereocenters. The van der Waals surface area contributed by atoms with Crippen LogP contribution in [-0.4, -0.2) is 30.9 Å². The lowest BCUT2D eigenvalue weighted by Crippen LogP contribution is -2.45. The number of amides is 1. The highest BCUT2D eigenvalue weighted by Gasteiger charge is 2.31. The molecule has 3 aromatic carbocycles. The highest BCUT2D eigenvalue weighted by atomic mass is 16.6. The first-order chi connectivity index (χ1) is 15.2. The first-order valence-corrected chi connectivity index (χ1v) is 10.5. The minimum Gasteiger partial charge on any atom is -0.497 e. The Balaban J connectivity index is 1.46. The molecule has 31 heavy (non-hydrogen) atoms. The van der Waals surface area contributed by atoms with E-state index in [0.717, 1.165) is 23.4 Å². The van der Waals surface area contributed by atoms with Gasteiger partial charge in [-0.2, -0.15) is 0 Å². The van der Waals surface area contributed by atoms with Crippen LogP contribution in [0.4, 0.5) is 0 Å². The second kappa shape index (κ2) is 9.94. The average Bonchev–Trinajstić information content (AvgIpc) is 3.28. The molecule has 1 heterocycles. The number of ether oxygens (including phenoxy) is 1. The monoisotopic (exact) mass is 414 g/mol. The van der Waals surface area contributed by atoms with Crippen LogP contribution < -0.4 is 10.1 Å². The Morgan fingerprint density at radius 1 is 1.00 bits per heavy atom. The van der Waals surface area contributed by atoms with E-state index < -0.39 is 0 Å². The highest BCUT2D eigenvalue weighted by molar-refractivity contribution is 5.94. The molecule has 158 valence electrons. The van der Waals surface area contributed by atoms with Gasteiger partial charge in [-0.3, -0.25) is 4.79 Å². The molecule has 0 aliphatic carbocycles. The number of carbonyl (C=O) groups excluding carboxylic acids is 1. The van der Waals surface area contributed by atoms with E-state index in [9.17, 15) is 4.79 Å². The van der Waals surface area contributed by atoms with Crippen LogP contribution in [0.25, 0.3) is 0 Å². The third-order valence-electron chi connectivity index (χ3n) is 5.42. The summed E-state index contributed by atoms with van der Waals surface area (Å²) < 4.78 is 5.18. The molecule has 1 aliphatic heterocycles. The Kier molecular flexibility index (Phi) is 6.62. The van der Waals surface area contributed by atoms with Crippen LogP contribution in [0.3, 0.4) is 0 Å². The lowest BCUT2D eigenvalue weighted by Gasteiger charge is -2.23. The maximum atomic E-state index is 12.9. The number of hydrogen-bond acceptors (Lipinski definition) is 4. The fraction of sp³-hybridized carbons (Fsp3) is 0.231. The van der Waals surface area contributed by atoms with Crippen molar-refractivity contribution in [3.63, 3.8) is 0 Å². The van der Waals surface area contributed by atoms with E-state index in [2.05, 4.69) is 34.7 Å². The largest absolute Gasteiger partial charge is 0.497 e. The Morgan fingerprint density at radius 2 is 1.65 bits per heavy atom. The number of nitrogens with one attached hydrogen (secondary N) is 1. The first-order valence-electron chi connectivity index (χ1n) is 10.5. The maximum absolute atomic E-state index is 12.9. The van der Waals surface area contributed by atoms with E-state index in [1.165, 1.54) is 5.56 Å². The molecular weight excluding hydrogens is 388 g/mol. The van der Waals surface area contributed by atoms with Gasteiger partial charge in [0.2, 0.25) is 0 Å². The van der Waals surface area contributed by atoms with Gasteiger partial charge in [-0.15, -0.1) is 0 Å². The van der Waals surface area contributed by atoms with Crippen LogP contribution in [0.1, 0.15) is 27.9 Å². The number of methoxy groups -OCH3 is 1. The number of oxime groups is 1. The van der Waals surface area contributed by atoms with Crippen LogP contribution in [0.2, 0.25) is 0 Å². The molecule has 2 atom stereocenters. The molecule has 0 aromatic heterocycles. The van der Waals surface area contributed by atoms with E-state index in [0.29, 0.717) is 18.4 Å². The molecule has 1 aliphatic rings.